The third-order valence-electron chi connectivity index (χ3n) is 5.13. The van der Waals surface area contributed by atoms with Crippen LogP contribution < -0.4 is 10.1 Å². The van der Waals surface area contributed by atoms with Crippen molar-refractivity contribution in [3.05, 3.63) is 30.5 Å². The number of carbonyl (C=O) groups excluding carboxylic acids is 1. The maximum absolute atomic E-state index is 12.4. The van der Waals surface area contributed by atoms with Crippen LogP contribution >= 0.6 is 0 Å². The summed E-state index contributed by atoms with van der Waals surface area (Å²) in [5.74, 6) is 0.920. The number of urea groups is 1. The minimum atomic E-state index is 0.0538. The fourth-order valence-electron chi connectivity index (χ4n) is 3.62. The lowest BCUT2D eigenvalue weighted by atomic mass is 10.1. The Morgan fingerprint density at radius 1 is 1.16 bits per heavy atom. The van der Waals surface area contributed by atoms with Crippen molar-refractivity contribution in [3.63, 3.8) is 0 Å². The van der Waals surface area contributed by atoms with Crippen LogP contribution in [0.5, 0.6) is 5.75 Å². The molecule has 2 amide bonds. The average Bonchev–Trinajstić information content (AvgIpc) is 3.13. The molecule has 25 heavy (non-hydrogen) atoms. The van der Waals surface area contributed by atoms with E-state index in [1.165, 1.54) is 0 Å². The predicted molar refractivity (Wildman–Crippen MR) is 95.9 cm³/mol. The van der Waals surface area contributed by atoms with Crippen LogP contribution in [0.15, 0.2) is 30.5 Å². The van der Waals surface area contributed by atoms with Gasteiger partial charge in [-0.1, -0.05) is 6.07 Å². The average molecular weight is 343 g/mol. The first-order valence-corrected chi connectivity index (χ1v) is 9.15. The van der Waals surface area contributed by atoms with Crippen molar-refractivity contribution in [1.82, 2.24) is 15.2 Å². The van der Waals surface area contributed by atoms with E-state index in [-0.39, 0.29) is 18.2 Å². The number of rotatable bonds is 3. The molecule has 0 spiro atoms. The van der Waals surface area contributed by atoms with Crippen LogP contribution in [0.25, 0.3) is 10.9 Å². The van der Waals surface area contributed by atoms with Crippen molar-refractivity contribution < 1.29 is 14.3 Å². The summed E-state index contributed by atoms with van der Waals surface area (Å²) >= 11 is 0. The Morgan fingerprint density at radius 3 is 2.76 bits per heavy atom. The molecule has 0 radical (unpaired) electrons. The standard InChI is InChI=1S/C19H25N3O3/c23-19(21-14-7-12-24-13-8-14)22-10-5-15(6-11-22)25-18-3-1-2-17-16(18)4-9-20-17/h1-4,9,14-15,20H,5-8,10-13H2,(H,21,23). The minimum absolute atomic E-state index is 0.0538. The summed E-state index contributed by atoms with van der Waals surface area (Å²) < 4.78 is 11.5. The number of hydrogen-bond acceptors (Lipinski definition) is 3. The minimum Gasteiger partial charge on any atom is -0.490 e. The van der Waals surface area contributed by atoms with Gasteiger partial charge >= 0.3 is 6.03 Å². The zero-order chi connectivity index (χ0) is 17.1. The Labute approximate surface area is 147 Å². The van der Waals surface area contributed by atoms with Gasteiger partial charge in [-0.15, -0.1) is 0 Å². The SMILES string of the molecule is O=C(NC1CCOCC1)N1CCC(Oc2cccc3[nH]ccc23)CC1. The van der Waals surface area contributed by atoms with Gasteiger partial charge in [0.2, 0.25) is 0 Å². The molecular weight excluding hydrogens is 318 g/mol. The second kappa shape index (κ2) is 7.35. The van der Waals surface area contributed by atoms with Gasteiger partial charge in [0.05, 0.1) is 0 Å². The van der Waals surface area contributed by atoms with E-state index in [1.807, 2.05) is 35.4 Å². The molecule has 0 saturated carbocycles. The lowest BCUT2D eigenvalue weighted by molar-refractivity contribution is 0.0748. The van der Waals surface area contributed by atoms with E-state index < -0.39 is 0 Å². The molecule has 1 aromatic carbocycles. The van der Waals surface area contributed by atoms with Crippen molar-refractivity contribution in [3.8, 4) is 5.75 Å². The van der Waals surface area contributed by atoms with Crippen LogP contribution in [-0.2, 0) is 4.74 Å². The molecule has 2 aliphatic heterocycles. The molecule has 1 aromatic heterocycles. The number of H-pyrrole nitrogens is 1. The summed E-state index contributed by atoms with van der Waals surface area (Å²) in [6, 6.07) is 8.41. The highest BCUT2D eigenvalue weighted by molar-refractivity contribution is 5.85. The maximum Gasteiger partial charge on any atom is 0.317 e. The van der Waals surface area contributed by atoms with Crippen molar-refractivity contribution in [1.29, 1.82) is 0 Å². The quantitative estimate of drug-likeness (QED) is 0.900. The van der Waals surface area contributed by atoms with Gasteiger partial charge < -0.3 is 24.7 Å². The number of hydrogen-bond donors (Lipinski definition) is 2. The highest BCUT2D eigenvalue weighted by Crippen LogP contribution is 2.27. The number of amides is 2. The van der Waals surface area contributed by atoms with Crippen molar-refractivity contribution in [2.45, 2.75) is 37.8 Å². The molecule has 0 aliphatic carbocycles. The predicted octanol–water partition coefficient (Wildman–Crippen LogP) is 2.90. The molecule has 2 aromatic rings. The molecule has 4 rings (SSSR count). The van der Waals surface area contributed by atoms with Gasteiger partial charge in [-0.3, -0.25) is 0 Å². The van der Waals surface area contributed by atoms with Gasteiger partial charge in [0, 0.05) is 62.3 Å². The molecule has 134 valence electrons. The van der Waals surface area contributed by atoms with Crippen LogP contribution in [-0.4, -0.2) is 54.4 Å². The Bertz CT molecular complexity index is 716. The second-order valence-corrected chi connectivity index (χ2v) is 6.84. The molecule has 6 heteroatoms. The number of nitrogens with one attached hydrogen (secondary N) is 2. The third kappa shape index (κ3) is 3.74. The highest BCUT2D eigenvalue weighted by atomic mass is 16.5. The van der Waals surface area contributed by atoms with Crippen LogP contribution in [0.3, 0.4) is 0 Å². The summed E-state index contributed by atoms with van der Waals surface area (Å²) in [5, 5.41) is 4.25. The number of aromatic amines is 1. The number of fused-ring (bicyclic) bond motifs is 1. The van der Waals surface area contributed by atoms with Gasteiger partial charge in [0.1, 0.15) is 11.9 Å². The zero-order valence-corrected chi connectivity index (χ0v) is 14.4. The Balaban J connectivity index is 1.29. The molecule has 0 unspecified atom stereocenters. The summed E-state index contributed by atoms with van der Waals surface area (Å²) in [5.41, 5.74) is 1.09. The monoisotopic (exact) mass is 343 g/mol. The second-order valence-electron chi connectivity index (χ2n) is 6.84. The van der Waals surface area contributed by atoms with Crippen molar-refractivity contribution >= 4 is 16.9 Å². The summed E-state index contributed by atoms with van der Waals surface area (Å²) in [6.45, 7) is 2.96. The first-order chi connectivity index (χ1) is 12.3. The molecule has 3 heterocycles. The van der Waals surface area contributed by atoms with E-state index in [4.69, 9.17) is 9.47 Å². The van der Waals surface area contributed by atoms with Crippen LogP contribution in [0.1, 0.15) is 25.7 Å². The van der Waals surface area contributed by atoms with E-state index in [0.717, 1.165) is 68.6 Å². The first-order valence-electron chi connectivity index (χ1n) is 9.15. The van der Waals surface area contributed by atoms with Gasteiger partial charge in [-0.05, 0) is 31.0 Å². The number of nitrogens with zero attached hydrogens (tertiary/aromatic N) is 1. The van der Waals surface area contributed by atoms with Crippen LogP contribution in [0.2, 0.25) is 0 Å². The molecular formula is C19H25N3O3. The van der Waals surface area contributed by atoms with Crippen molar-refractivity contribution in [2.75, 3.05) is 26.3 Å². The largest absolute Gasteiger partial charge is 0.490 e. The topological polar surface area (TPSA) is 66.6 Å². The van der Waals surface area contributed by atoms with Gasteiger partial charge in [0.25, 0.3) is 0 Å². The van der Waals surface area contributed by atoms with E-state index in [0.29, 0.717) is 0 Å². The Hall–Kier alpha value is -2.21. The highest BCUT2D eigenvalue weighted by Gasteiger charge is 2.26. The number of likely N-dealkylation sites (tertiary alicyclic amines) is 1. The van der Waals surface area contributed by atoms with E-state index >= 15 is 0 Å². The van der Waals surface area contributed by atoms with Crippen molar-refractivity contribution in [2.24, 2.45) is 0 Å². The lowest BCUT2D eigenvalue weighted by Crippen LogP contribution is -2.50. The van der Waals surface area contributed by atoms with Crippen LogP contribution in [0.4, 0.5) is 4.79 Å². The zero-order valence-electron chi connectivity index (χ0n) is 14.4. The van der Waals surface area contributed by atoms with E-state index in [1.54, 1.807) is 0 Å². The number of piperidine rings is 1. The van der Waals surface area contributed by atoms with Crippen LogP contribution in [0, 0.1) is 0 Å². The number of aromatic nitrogens is 1. The summed E-state index contributed by atoms with van der Waals surface area (Å²) in [4.78, 5) is 17.5. The first kappa shape index (κ1) is 16.3. The van der Waals surface area contributed by atoms with E-state index in [2.05, 4.69) is 10.3 Å². The maximum atomic E-state index is 12.4. The molecule has 0 atom stereocenters. The fourth-order valence-corrected chi connectivity index (χ4v) is 3.62. The molecule has 2 aliphatic rings. The lowest BCUT2D eigenvalue weighted by Gasteiger charge is -2.34. The number of ether oxygens (including phenoxy) is 2. The molecule has 0 bridgehead atoms. The number of carbonyl (C=O) groups is 1. The molecule has 6 nitrogen and oxygen atoms in total. The molecule has 2 N–H and O–H groups in total. The molecule has 2 saturated heterocycles. The van der Waals surface area contributed by atoms with E-state index in [9.17, 15) is 4.79 Å². The third-order valence-corrected chi connectivity index (χ3v) is 5.13. The number of benzene rings is 1. The Morgan fingerprint density at radius 2 is 1.96 bits per heavy atom. The molecule has 2 fully saturated rings. The normalized spacial score (nSPS) is 19.9. The van der Waals surface area contributed by atoms with Gasteiger partial charge in [-0.2, -0.15) is 0 Å². The fraction of sp³-hybridized carbons (Fsp3) is 0.526. The summed E-state index contributed by atoms with van der Waals surface area (Å²) in [6.07, 6.45) is 5.63. The summed E-state index contributed by atoms with van der Waals surface area (Å²) in [7, 11) is 0. The Kier molecular flexibility index (Phi) is 4.78. The van der Waals surface area contributed by atoms with Gasteiger partial charge in [-0.25, -0.2) is 4.79 Å². The smallest absolute Gasteiger partial charge is 0.317 e. The van der Waals surface area contributed by atoms with Gasteiger partial charge in [0.15, 0.2) is 0 Å².